The Morgan fingerprint density at radius 1 is 1.07 bits per heavy atom. The number of ether oxygens (including phenoxy) is 2. The fourth-order valence-electron chi connectivity index (χ4n) is 2.69. The molecule has 2 rings (SSSR count). The number of hydrogen-bond acceptors (Lipinski definition) is 7. The number of nitrogens with zero attached hydrogens (tertiary/aromatic N) is 1. The average Bonchev–Trinajstić information content (AvgIpc) is 2.70. The number of carbonyl (C=O) groups is 3. The van der Waals surface area contributed by atoms with Gasteiger partial charge in [-0.15, -0.1) is 0 Å². The molecule has 0 saturated carbocycles. The van der Waals surface area contributed by atoms with Gasteiger partial charge in [-0.05, 0) is 44.9 Å². The number of carbonyl (C=O) groups excluding carboxylic acids is 3. The van der Waals surface area contributed by atoms with Crippen molar-refractivity contribution in [1.82, 2.24) is 0 Å². The van der Waals surface area contributed by atoms with Gasteiger partial charge in [-0.25, -0.2) is 9.59 Å². The summed E-state index contributed by atoms with van der Waals surface area (Å²) in [5.41, 5.74) is 1.44. The monoisotopic (exact) mass is 414 g/mol. The zero-order valence-electron chi connectivity index (χ0n) is 17.1. The molecule has 0 aromatic heterocycles. The van der Waals surface area contributed by atoms with Crippen LogP contribution in [0.3, 0.4) is 0 Å². The minimum absolute atomic E-state index is 0.0663. The van der Waals surface area contributed by atoms with Crippen LogP contribution in [0.4, 0.5) is 11.4 Å². The molecular formula is C21H22N2O7. The second-order valence-electron chi connectivity index (χ2n) is 6.55. The largest absolute Gasteiger partial charge is 0.462 e. The van der Waals surface area contributed by atoms with Gasteiger partial charge in [0.15, 0.2) is 6.10 Å². The first-order valence-electron chi connectivity index (χ1n) is 9.18. The molecular weight excluding hydrogens is 392 g/mol. The van der Waals surface area contributed by atoms with Gasteiger partial charge in [-0.2, -0.15) is 0 Å². The van der Waals surface area contributed by atoms with Crippen LogP contribution < -0.4 is 5.32 Å². The summed E-state index contributed by atoms with van der Waals surface area (Å²) in [4.78, 5) is 47.3. The third kappa shape index (κ3) is 5.40. The van der Waals surface area contributed by atoms with E-state index in [-0.39, 0.29) is 17.7 Å². The second-order valence-corrected chi connectivity index (χ2v) is 6.55. The fourth-order valence-corrected chi connectivity index (χ4v) is 2.69. The number of nitro benzene ring substituents is 1. The summed E-state index contributed by atoms with van der Waals surface area (Å²) < 4.78 is 9.98. The fraction of sp³-hybridized carbons (Fsp3) is 0.286. The summed E-state index contributed by atoms with van der Waals surface area (Å²) in [6.45, 7) is 6.70. The van der Waals surface area contributed by atoms with Crippen molar-refractivity contribution < 1.29 is 28.8 Å². The maximum atomic E-state index is 12.5. The van der Waals surface area contributed by atoms with E-state index >= 15 is 0 Å². The first kappa shape index (κ1) is 22.5. The maximum Gasteiger partial charge on any atom is 0.339 e. The first-order chi connectivity index (χ1) is 14.1. The Bertz CT molecular complexity index is 981. The normalized spacial score (nSPS) is 11.3. The van der Waals surface area contributed by atoms with Crippen LogP contribution in [0.25, 0.3) is 0 Å². The van der Waals surface area contributed by atoms with E-state index in [1.54, 1.807) is 6.92 Å². The molecule has 1 amide bonds. The van der Waals surface area contributed by atoms with Crippen molar-refractivity contribution in [1.29, 1.82) is 0 Å². The van der Waals surface area contributed by atoms with Gasteiger partial charge >= 0.3 is 11.9 Å². The molecule has 9 heteroatoms. The smallest absolute Gasteiger partial charge is 0.339 e. The zero-order chi connectivity index (χ0) is 22.4. The van der Waals surface area contributed by atoms with Crippen LogP contribution >= 0.6 is 0 Å². The molecule has 158 valence electrons. The Hall–Kier alpha value is -3.75. The molecule has 1 unspecified atom stereocenters. The minimum Gasteiger partial charge on any atom is -0.462 e. The van der Waals surface area contributed by atoms with E-state index in [4.69, 9.17) is 9.47 Å². The number of esters is 2. The molecule has 0 bridgehead atoms. The standard InChI is InChI=1S/C21H22N2O7/c1-5-29-20(25)15-9-16(11-17(10-15)23(27)28)21(26)30-14(4)19(24)22-18-12(2)7-6-8-13(18)3/h6-11,14H,5H2,1-4H3,(H,22,24). The van der Waals surface area contributed by atoms with E-state index in [2.05, 4.69) is 5.32 Å². The van der Waals surface area contributed by atoms with Crippen LogP contribution in [0.5, 0.6) is 0 Å². The lowest BCUT2D eigenvalue weighted by atomic mass is 10.1. The summed E-state index contributed by atoms with van der Waals surface area (Å²) in [7, 11) is 0. The second kappa shape index (κ2) is 9.64. The highest BCUT2D eigenvalue weighted by molar-refractivity contribution is 6.00. The van der Waals surface area contributed by atoms with Gasteiger partial charge in [0, 0.05) is 17.8 Å². The third-order valence-electron chi connectivity index (χ3n) is 4.26. The predicted octanol–water partition coefficient (Wildman–Crippen LogP) is 3.57. The molecule has 2 aromatic carbocycles. The van der Waals surface area contributed by atoms with Gasteiger partial charge < -0.3 is 14.8 Å². The lowest BCUT2D eigenvalue weighted by Gasteiger charge is -2.16. The number of amides is 1. The van der Waals surface area contributed by atoms with Crippen molar-refractivity contribution in [2.75, 3.05) is 11.9 Å². The first-order valence-corrected chi connectivity index (χ1v) is 9.18. The molecule has 0 aliphatic heterocycles. The Morgan fingerprint density at radius 2 is 1.63 bits per heavy atom. The quantitative estimate of drug-likeness (QED) is 0.417. The number of rotatable bonds is 7. The molecule has 1 atom stereocenters. The maximum absolute atomic E-state index is 12.5. The van der Waals surface area contributed by atoms with E-state index in [9.17, 15) is 24.5 Å². The van der Waals surface area contributed by atoms with Crippen molar-refractivity contribution in [2.45, 2.75) is 33.8 Å². The van der Waals surface area contributed by atoms with E-state index in [1.807, 2.05) is 32.0 Å². The topological polar surface area (TPSA) is 125 Å². The van der Waals surface area contributed by atoms with E-state index in [1.165, 1.54) is 6.92 Å². The highest BCUT2D eigenvalue weighted by atomic mass is 16.6. The molecule has 0 spiro atoms. The van der Waals surface area contributed by atoms with Crippen molar-refractivity contribution in [3.8, 4) is 0 Å². The molecule has 0 heterocycles. The predicted molar refractivity (Wildman–Crippen MR) is 108 cm³/mol. The molecule has 0 saturated heterocycles. The Kier molecular flexibility index (Phi) is 7.24. The SMILES string of the molecule is CCOC(=O)c1cc(C(=O)OC(C)C(=O)Nc2c(C)cccc2C)cc([N+](=O)[O-])c1. The Labute approximate surface area is 173 Å². The number of nitrogens with one attached hydrogen (secondary N) is 1. The molecule has 9 nitrogen and oxygen atoms in total. The summed E-state index contributed by atoms with van der Waals surface area (Å²) in [6, 6.07) is 8.63. The zero-order valence-corrected chi connectivity index (χ0v) is 17.1. The van der Waals surface area contributed by atoms with E-state index in [0.717, 1.165) is 29.3 Å². The van der Waals surface area contributed by atoms with Gasteiger partial charge in [0.05, 0.1) is 22.7 Å². The number of hydrogen-bond donors (Lipinski definition) is 1. The Morgan fingerprint density at radius 3 is 2.17 bits per heavy atom. The number of aryl methyl sites for hydroxylation is 2. The molecule has 2 aromatic rings. The van der Waals surface area contributed by atoms with Crippen LogP contribution in [0.2, 0.25) is 0 Å². The van der Waals surface area contributed by atoms with Crippen LogP contribution in [-0.4, -0.2) is 35.5 Å². The lowest BCUT2D eigenvalue weighted by Crippen LogP contribution is -2.30. The molecule has 0 radical (unpaired) electrons. The summed E-state index contributed by atoms with van der Waals surface area (Å²) >= 11 is 0. The average molecular weight is 414 g/mol. The summed E-state index contributed by atoms with van der Waals surface area (Å²) in [5.74, 6) is -2.35. The number of non-ortho nitro benzene ring substituents is 1. The number of anilines is 1. The van der Waals surface area contributed by atoms with Crippen molar-refractivity contribution >= 4 is 29.2 Å². The molecule has 30 heavy (non-hydrogen) atoms. The number of para-hydroxylation sites is 1. The van der Waals surface area contributed by atoms with E-state index in [0.29, 0.717) is 5.69 Å². The highest BCUT2D eigenvalue weighted by Gasteiger charge is 2.23. The van der Waals surface area contributed by atoms with Gasteiger partial charge in [0.25, 0.3) is 11.6 Å². The molecule has 1 N–H and O–H groups in total. The van der Waals surface area contributed by atoms with Gasteiger partial charge in [0.1, 0.15) is 0 Å². The van der Waals surface area contributed by atoms with Crippen LogP contribution in [0, 0.1) is 24.0 Å². The van der Waals surface area contributed by atoms with Crippen molar-refractivity contribution in [2.24, 2.45) is 0 Å². The number of benzene rings is 2. The van der Waals surface area contributed by atoms with Crippen LogP contribution in [0.1, 0.15) is 45.7 Å². The summed E-state index contributed by atoms with van der Waals surface area (Å²) in [6.07, 6.45) is -1.18. The van der Waals surface area contributed by atoms with Crippen LogP contribution in [0.15, 0.2) is 36.4 Å². The summed E-state index contributed by atoms with van der Waals surface area (Å²) in [5, 5.41) is 13.9. The van der Waals surface area contributed by atoms with Crippen molar-refractivity contribution in [3.63, 3.8) is 0 Å². The molecule has 0 fully saturated rings. The van der Waals surface area contributed by atoms with E-state index < -0.39 is 34.6 Å². The van der Waals surface area contributed by atoms with Gasteiger partial charge in [0.2, 0.25) is 0 Å². The highest BCUT2D eigenvalue weighted by Crippen LogP contribution is 2.21. The van der Waals surface area contributed by atoms with Gasteiger partial charge in [-0.1, -0.05) is 18.2 Å². The molecule has 0 aliphatic carbocycles. The van der Waals surface area contributed by atoms with Crippen LogP contribution in [-0.2, 0) is 14.3 Å². The Balaban J connectivity index is 2.20. The number of nitro groups is 1. The minimum atomic E-state index is -1.18. The third-order valence-corrected chi connectivity index (χ3v) is 4.26. The van der Waals surface area contributed by atoms with Crippen molar-refractivity contribution in [3.05, 3.63) is 68.8 Å². The van der Waals surface area contributed by atoms with Gasteiger partial charge in [-0.3, -0.25) is 14.9 Å². The molecule has 0 aliphatic rings. The lowest BCUT2D eigenvalue weighted by molar-refractivity contribution is -0.384.